The smallest absolute Gasteiger partial charge is 0.420 e. The first kappa shape index (κ1) is 20.7. The van der Waals surface area contributed by atoms with Crippen LogP contribution in [-0.2, 0) is 11.0 Å². The van der Waals surface area contributed by atoms with Crippen molar-refractivity contribution in [3.05, 3.63) is 40.7 Å². The van der Waals surface area contributed by atoms with Crippen LogP contribution >= 0.6 is 0 Å². The average Bonchev–Trinajstić information content (AvgIpc) is 3.22. The number of fused-ring (bicyclic) bond motifs is 3. The fourth-order valence-corrected chi connectivity index (χ4v) is 3.75. The van der Waals surface area contributed by atoms with E-state index in [2.05, 4.69) is 16.9 Å². The molecule has 2 aromatic rings. The standard InChI is InChI=1S/C20H17F3N4O4/c1-10-15-13(20(21,22)23)14(17(24)28)25-27(15)16-11(4-3-5-12(16)31-10)6-7-19(30)8-9-26(2)18(19)29/h3-5,10,30H,8-9H2,1-2H3,(H2,24,28)/t10-,19-/m0/s1. The Hall–Kier alpha value is -3.52. The average molecular weight is 434 g/mol. The Morgan fingerprint density at radius 2 is 2.13 bits per heavy atom. The minimum atomic E-state index is -4.90. The van der Waals surface area contributed by atoms with Crippen molar-refractivity contribution >= 4 is 11.8 Å². The van der Waals surface area contributed by atoms with Crippen molar-refractivity contribution in [2.75, 3.05) is 13.6 Å². The van der Waals surface area contributed by atoms with Crippen LogP contribution in [0.1, 0.15) is 46.8 Å². The maximum absolute atomic E-state index is 13.7. The molecule has 1 saturated heterocycles. The number of likely N-dealkylation sites (N-methyl/N-ethyl adjacent to an activating group) is 1. The van der Waals surface area contributed by atoms with E-state index in [1.165, 1.54) is 31.0 Å². The number of hydrogen-bond donors (Lipinski definition) is 2. The summed E-state index contributed by atoms with van der Waals surface area (Å²) in [4.78, 5) is 25.2. The molecule has 0 aliphatic carbocycles. The molecule has 0 spiro atoms. The molecule has 8 nitrogen and oxygen atoms in total. The molecule has 3 heterocycles. The number of nitrogens with two attached hydrogens (primary N) is 1. The number of ether oxygens (including phenoxy) is 1. The highest BCUT2D eigenvalue weighted by Crippen LogP contribution is 2.44. The highest BCUT2D eigenvalue weighted by molar-refractivity contribution is 5.93. The number of halogens is 3. The fraction of sp³-hybridized carbons (Fsp3) is 0.350. The molecule has 2 aliphatic heterocycles. The maximum Gasteiger partial charge on any atom is 0.420 e. The van der Waals surface area contributed by atoms with Gasteiger partial charge in [-0.05, 0) is 19.1 Å². The molecular weight excluding hydrogens is 417 g/mol. The summed E-state index contributed by atoms with van der Waals surface area (Å²) < 4.78 is 47.8. The third-order valence-electron chi connectivity index (χ3n) is 5.25. The Bertz CT molecular complexity index is 1180. The Morgan fingerprint density at radius 1 is 1.42 bits per heavy atom. The molecule has 162 valence electrons. The van der Waals surface area contributed by atoms with E-state index < -0.39 is 46.6 Å². The number of primary amides is 1. The minimum absolute atomic E-state index is 0.0588. The van der Waals surface area contributed by atoms with Crippen molar-refractivity contribution in [1.82, 2.24) is 14.7 Å². The van der Waals surface area contributed by atoms with E-state index in [4.69, 9.17) is 10.5 Å². The van der Waals surface area contributed by atoms with E-state index in [1.807, 2.05) is 0 Å². The van der Waals surface area contributed by atoms with E-state index in [0.29, 0.717) is 6.54 Å². The number of para-hydroxylation sites is 1. The Morgan fingerprint density at radius 3 is 2.71 bits per heavy atom. The van der Waals surface area contributed by atoms with Gasteiger partial charge in [0.05, 0.1) is 11.3 Å². The van der Waals surface area contributed by atoms with Gasteiger partial charge in [0.1, 0.15) is 23.1 Å². The number of alkyl halides is 3. The van der Waals surface area contributed by atoms with Crippen molar-refractivity contribution in [2.45, 2.75) is 31.2 Å². The van der Waals surface area contributed by atoms with E-state index in [1.54, 1.807) is 6.07 Å². The summed E-state index contributed by atoms with van der Waals surface area (Å²) in [6, 6.07) is 4.57. The molecule has 31 heavy (non-hydrogen) atoms. The van der Waals surface area contributed by atoms with Crippen LogP contribution in [0.2, 0.25) is 0 Å². The van der Waals surface area contributed by atoms with Gasteiger partial charge in [0, 0.05) is 20.0 Å². The van der Waals surface area contributed by atoms with Crippen molar-refractivity contribution in [3.8, 4) is 23.3 Å². The van der Waals surface area contributed by atoms with Crippen molar-refractivity contribution in [2.24, 2.45) is 5.73 Å². The van der Waals surface area contributed by atoms with E-state index in [-0.39, 0.29) is 23.4 Å². The van der Waals surface area contributed by atoms with Gasteiger partial charge in [0.15, 0.2) is 5.69 Å². The quantitative estimate of drug-likeness (QED) is 0.659. The van der Waals surface area contributed by atoms with E-state index in [9.17, 15) is 27.9 Å². The van der Waals surface area contributed by atoms with Gasteiger partial charge in [-0.15, -0.1) is 0 Å². The fourth-order valence-electron chi connectivity index (χ4n) is 3.75. The second-order valence-corrected chi connectivity index (χ2v) is 7.38. The predicted octanol–water partition coefficient (Wildman–Crippen LogP) is 1.39. The van der Waals surface area contributed by atoms with Gasteiger partial charge >= 0.3 is 6.18 Å². The molecule has 2 amide bonds. The van der Waals surface area contributed by atoms with Crippen LogP contribution < -0.4 is 10.5 Å². The van der Waals surface area contributed by atoms with Crippen LogP contribution in [0.4, 0.5) is 13.2 Å². The molecule has 3 N–H and O–H groups in total. The number of hydrogen-bond acceptors (Lipinski definition) is 5. The zero-order valence-corrected chi connectivity index (χ0v) is 16.4. The zero-order chi connectivity index (χ0) is 22.7. The number of carbonyl (C=O) groups is 2. The van der Waals surface area contributed by atoms with E-state index in [0.717, 1.165) is 4.68 Å². The second-order valence-electron chi connectivity index (χ2n) is 7.38. The van der Waals surface area contributed by atoms with Gasteiger partial charge in [-0.1, -0.05) is 17.9 Å². The molecule has 1 fully saturated rings. The summed E-state index contributed by atoms with van der Waals surface area (Å²) in [5.74, 6) is 3.48. The molecule has 1 aromatic carbocycles. The summed E-state index contributed by atoms with van der Waals surface area (Å²) in [7, 11) is 1.53. The zero-order valence-electron chi connectivity index (χ0n) is 16.4. The summed E-state index contributed by atoms with van der Waals surface area (Å²) in [6.45, 7) is 1.71. The van der Waals surface area contributed by atoms with Crippen molar-refractivity contribution in [1.29, 1.82) is 0 Å². The van der Waals surface area contributed by atoms with Crippen LogP contribution in [0.15, 0.2) is 18.2 Å². The van der Waals surface area contributed by atoms with Gasteiger partial charge in [-0.2, -0.15) is 18.3 Å². The predicted molar refractivity (Wildman–Crippen MR) is 100 cm³/mol. The van der Waals surface area contributed by atoms with Crippen LogP contribution in [0, 0.1) is 11.8 Å². The summed E-state index contributed by atoms with van der Waals surface area (Å²) in [5, 5.41) is 14.4. The van der Waals surface area contributed by atoms with Crippen LogP contribution in [0.25, 0.3) is 5.69 Å². The number of amides is 2. The molecule has 2 aliphatic rings. The minimum Gasteiger partial charge on any atom is -0.482 e. The number of nitrogens with zero attached hydrogens (tertiary/aromatic N) is 3. The molecule has 0 saturated carbocycles. The Labute approximate surface area is 174 Å². The SMILES string of the molecule is C[C@@H]1Oc2cccc(C#C[C@]3(O)CCN(C)C3=O)c2-n2nc(C(N)=O)c(C(F)(F)F)c21. The lowest BCUT2D eigenvalue weighted by atomic mass is 10.0. The largest absolute Gasteiger partial charge is 0.482 e. The van der Waals surface area contributed by atoms with Crippen LogP contribution in [-0.4, -0.2) is 50.8 Å². The van der Waals surface area contributed by atoms with E-state index >= 15 is 0 Å². The molecular formula is C20H17F3N4O4. The normalized spacial score (nSPS) is 22.3. The highest BCUT2D eigenvalue weighted by atomic mass is 19.4. The van der Waals surface area contributed by atoms with Crippen molar-refractivity contribution in [3.63, 3.8) is 0 Å². The number of rotatable bonds is 1. The first-order valence-electron chi connectivity index (χ1n) is 9.25. The third-order valence-corrected chi connectivity index (χ3v) is 5.25. The third kappa shape index (κ3) is 3.19. The van der Waals surface area contributed by atoms with Gasteiger partial charge in [-0.3, -0.25) is 9.59 Å². The molecule has 2 atom stereocenters. The summed E-state index contributed by atoms with van der Waals surface area (Å²) in [5.41, 5.74) is 0.882. The molecule has 1 aromatic heterocycles. The van der Waals surface area contributed by atoms with Gasteiger partial charge in [0.2, 0.25) is 5.60 Å². The second kappa shape index (κ2) is 6.75. The maximum atomic E-state index is 13.7. The molecule has 0 radical (unpaired) electrons. The Balaban J connectivity index is 1.93. The lowest BCUT2D eigenvalue weighted by Crippen LogP contribution is -2.37. The van der Waals surface area contributed by atoms with Gasteiger partial charge < -0.3 is 20.5 Å². The molecule has 0 bridgehead atoms. The van der Waals surface area contributed by atoms with Crippen molar-refractivity contribution < 1.29 is 32.6 Å². The first-order chi connectivity index (χ1) is 14.4. The number of aromatic nitrogens is 2. The number of carbonyl (C=O) groups excluding carboxylic acids is 2. The molecule has 4 rings (SSSR count). The molecule has 0 unspecified atom stereocenters. The lowest BCUT2D eigenvalue weighted by molar-refractivity contribution is -0.139. The van der Waals surface area contributed by atoms with Gasteiger partial charge in [0.25, 0.3) is 11.8 Å². The van der Waals surface area contributed by atoms with Crippen LogP contribution in [0.3, 0.4) is 0 Å². The molecule has 11 heteroatoms. The topological polar surface area (TPSA) is 111 Å². The number of aliphatic hydroxyl groups is 1. The van der Waals surface area contributed by atoms with Gasteiger partial charge in [-0.25, -0.2) is 4.68 Å². The van der Waals surface area contributed by atoms with Crippen LogP contribution in [0.5, 0.6) is 5.75 Å². The monoisotopic (exact) mass is 434 g/mol. The summed E-state index contributed by atoms with van der Waals surface area (Å²) in [6.07, 6.45) is -5.89. The first-order valence-corrected chi connectivity index (χ1v) is 9.25. The summed E-state index contributed by atoms with van der Waals surface area (Å²) >= 11 is 0. The number of likely N-dealkylation sites (tertiary alicyclic amines) is 1. The highest BCUT2D eigenvalue weighted by Gasteiger charge is 2.46. The Kier molecular flexibility index (Phi) is 4.51. The lowest BCUT2D eigenvalue weighted by Gasteiger charge is -2.26. The number of benzene rings is 1.